The molecule has 0 amide bonds. The van der Waals surface area contributed by atoms with Crippen LogP contribution in [0, 0.1) is 52.3 Å². The van der Waals surface area contributed by atoms with Crippen molar-refractivity contribution in [3.8, 4) is 0 Å². The summed E-state index contributed by atoms with van der Waals surface area (Å²) in [5.74, 6) is 6.17. The zero-order chi connectivity index (χ0) is 21.0. The SMILES string of the molecule is CC(C)[C@@H](C)CC[C@@H](C)[C@@H]1CC[C@@H]2C3=CC[C@@H]4CC(=O)CC[C@@]4(C)[C@H]3CC[C@@]21C. The van der Waals surface area contributed by atoms with E-state index in [4.69, 9.17) is 0 Å². The van der Waals surface area contributed by atoms with Crippen molar-refractivity contribution in [3.05, 3.63) is 11.6 Å². The number of ketones is 1. The van der Waals surface area contributed by atoms with Crippen molar-refractivity contribution in [2.24, 2.45) is 52.3 Å². The molecule has 4 aliphatic carbocycles. The molecule has 0 aromatic rings. The van der Waals surface area contributed by atoms with Crippen LogP contribution in [-0.2, 0) is 4.79 Å². The molecule has 0 N–H and O–H groups in total. The molecule has 3 saturated carbocycles. The largest absolute Gasteiger partial charge is 0.300 e. The molecule has 164 valence electrons. The Bertz CT molecular complexity index is 659. The standard InChI is InChI=1S/C28H46O/c1-18(2)19(3)7-8-20(4)24-11-12-25-23-10-9-21-17-22(29)13-15-27(21,5)26(23)14-16-28(24,25)6/h10,18-21,24-26H,7-9,11-17H2,1-6H3/t19-,20+,21+,24-,25+,26-,27+,28+/m0/s1. The van der Waals surface area contributed by atoms with Crippen LogP contribution in [0.25, 0.3) is 0 Å². The molecule has 4 aliphatic rings. The molecule has 3 fully saturated rings. The Morgan fingerprint density at radius 3 is 2.41 bits per heavy atom. The van der Waals surface area contributed by atoms with Gasteiger partial charge in [-0.1, -0.05) is 66.0 Å². The van der Waals surface area contributed by atoms with Crippen LogP contribution in [0.2, 0.25) is 0 Å². The van der Waals surface area contributed by atoms with Gasteiger partial charge in [0.2, 0.25) is 0 Å². The lowest BCUT2D eigenvalue weighted by Gasteiger charge is -2.57. The highest BCUT2D eigenvalue weighted by atomic mass is 16.1. The highest BCUT2D eigenvalue weighted by Crippen LogP contribution is 2.66. The lowest BCUT2D eigenvalue weighted by molar-refractivity contribution is -0.127. The molecular formula is C28H46O. The van der Waals surface area contributed by atoms with Crippen LogP contribution in [0.1, 0.15) is 106 Å². The van der Waals surface area contributed by atoms with E-state index in [-0.39, 0.29) is 0 Å². The molecule has 1 nitrogen and oxygen atoms in total. The summed E-state index contributed by atoms with van der Waals surface area (Å²) in [6.07, 6.45) is 15.1. The summed E-state index contributed by atoms with van der Waals surface area (Å²) >= 11 is 0. The minimum Gasteiger partial charge on any atom is -0.300 e. The Hall–Kier alpha value is -0.590. The summed E-state index contributed by atoms with van der Waals surface area (Å²) in [6.45, 7) is 15.0. The molecule has 0 saturated heterocycles. The molecule has 0 unspecified atom stereocenters. The zero-order valence-corrected chi connectivity index (χ0v) is 20.1. The molecule has 29 heavy (non-hydrogen) atoms. The van der Waals surface area contributed by atoms with Crippen molar-refractivity contribution in [2.75, 3.05) is 0 Å². The minimum atomic E-state index is 0.399. The van der Waals surface area contributed by atoms with Gasteiger partial charge < -0.3 is 0 Å². The number of hydrogen-bond donors (Lipinski definition) is 0. The summed E-state index contributed by atoms with van der Waals surface area (Å²) < 4.78 is 0. The van der Waals surface area contributed by atoms with Gasteiger partial charge >= 0.3 is 0 Å². The van der Waals surface area contributed by atoms with Crippen LogP contribution in [0.15, 0.2) is 11.6 Å². The molecule has 0 aliphatic heterocycles. The first-order chi connectivity index (χ1) is 13.7. The number of rotatable bonds is 5. The maximum atomic E-state index is 12.1. The van der Waals surface area contributed by atoms with E-state index in [1.807, 2.05) is 5.57 Å². The fraction of sp³-hybridized carbons (Fsp3) is 0.893. The molecule has 0 aromatic carbocycles. The normalized spacial score (nSPS) is 44.0. The zero-order valence-electron chi connectivity index (χ0n) is 20.1. The Morgan fingerprint density at radius 2 is 1.69 bits per heavy atom. The minimum absolute atomic E-state index is 0.399. The average molecular weight is 399 g/mol. The summed E-state index contributed by atoms with van der Waals surface area (Å²) in [6, 6.07) is 0. The first-order valence-electron chi connectivity index (χ1n) is 12.9. The number of Topliss-reactive ketones (excluding diaryl/α,β-unsaturated/α-hetero) is 1. The van der Waals surface area contributed by atoms with E-state index in [1.165, 1.54) is 44.9 Å². The van der Waals surface area contributed by atoms with Gasteiger partial charge in [0.05, 0.1) is 0 Å². The van der Waals surface area contributed by atoms with E-state index in [0.29, 0.717) is 22.5 Å². The molecule has 0 spiro atoms. The van der Waals surface area contributed by atoms with Crippen molar-refractivity contribution in [3.63, 3.8) is 0 Å². The van der Waals surface area contributed by atoms with Crippen LogP contribution in [0.4, 0.5) is 0 Å². The van der Waals surface area contributed by atoms with Crippen LogP contribution in [-0.4, -0.2) is 5.78 Å². The summed E-state index contributed by atoms with van der Waals surface area (Å²) in [5.41, 5.74) is 2.77. The van der Waals surface area contributed by atoms with E-state index in [1.54, 1.807) is 0 Å². The van der Waals surface area contributed by atoms with Crippen LogP contribution >= 0.6 is 0 Å². The number of allylic oxidation sites excluding steroid dienone is 2. The molecule has 0 heterocycles. The summed E-state index contributed by atoms with van der Waals surface area (Å²) in [7, 11) is 0. The Balaban J connectivity index is 1.50. The second-order valence-corrected chi connectivity index (χ2v) is 12.5. The third kappa shape index (κ3) is 3.57. The van der Waals surface area contributed by atoms with Crippen LogP contribution in [0.3, 0.4) is 0 Å². The van der Waals surface area contributed by atoms with E-state index < -0.39 is 0 Å². The van der Waals surface area contributed by atoms with Crippen molar-refractivity contribution in [1.29, 1.82) is 0 Å². The molecule has 0 bridgehead atoms. The number of hydrogen-bond acceptors (Lipinski definition) is 1. The second-order valence-electron chi connectivity index (χ2n) is 12.5. The fourth-order valence-electron chi connectivity index (χ4n) is 8.34. The van der Waals surface area contributed by atoms with Gasteiger partial charge in [0.15, 0.2) is 0 Å². The molecule has 4 rings (SSSR count). The molecule has 8 atom stereocenters. The molecule has 1 heteroatoms. The van der Waals surface area contributed by atoms with E-state index in [2.05, 4.69) is 47.6 Å². The Kier molecular flexibility index (Phi) is 5.84. The molecular weight excluding hydrogens is 352 g/mol. The van der Waals surface area contributed by atoms with Crippen molar-refractivity contribution in [2.45, 2.75) is 106 Å². The maximum absolute atomic E-state index is 12.1. The van der Waals surface area contributed by atoms with E-state index >= 15 is 0 Å². The smallest absolute Gasteiger partial charge is 0.133 e. The van der Waals surface area contributed by atoms with Crippen molar-refractivity contribution in [1.82, 2.24) is 0 Å². The predicted octanol–water partition coefficient (Wildman–Crippen LogP) is 7.84. The Morgan fingerprint density at radius 1 is 0.966 bits per heavy atom. The number of fused-ring (bicyclic) bond motifs is 5. The van der Waals surface area contributed by atoms with Crippen LogP contribution < -0.4 is 0 Å². The average Bonchev–Trinajstić information content (AvgIpc) is 3.03. The summed E-state index contributed by atoms with van der Waals surface area (Å²) in [5, 5.41) is 0. The predicted molar refractivity (Wildman–Crippen MR) is 123 cm³/mol. The third-order valence-electron chi connectivity index (χ3n) is 10.9. The first-order valence-corrected chi connectivity index (χ1v) is 12.9. The van der Waals surface area contributed by atoms with Gasteiger partial charge in [-0.3, -0.25) is 4.79 Å². The third-order valence-corrected chi connectivity index (χ3v) is 10.9. The highest BCUT2D eigenvalue weighted by molar-refractivity contribution is 5.79. The van der Waals surface area contributed by atoms with E-state index in [9.17, 15) is 4.79 Å². The van der Waals surface area contributed by atoms with Crippen molar-refractivity contribution < 1.29 is 4.79 Å². The Labute approximate surface area is 180 Å². The number of carbonyl (C=O) groups excluding carboxylic acids is 1. The number of carbonyl (C=O) groups is 1. The first kappa shape index (κ1) is 21.6. The van der Waals surface area contributed by atoms with Gasteiger partial charge in [-0.05, 0) is 90.8 Å². The topological polar surface area (TPSA) is 17.1 Å². The van der Waals surface area contributed by atoms with E-state index in [0.717, 1.165) is 54.8 Å². The van der Waals surface area contributed by atoms with Crippen LogP contribution in [0.5, 0.6) is 0 Å². The maximum Gasteiger partial charge on any atom is 0.133 e. The van der Waals surface area contributed by atoms with Gasteiger partial charge in [0, 0.05) is 12.8 Å². The summed E-state index contributed by atoms with van der Waals surface area (Å²) in [4.78, 5) is 12.1. The van der Waals surface area contributed by atoms with Gasteiger partial charge in [-0.2, -0.15) is 0 Å². The second kappa shape index (κ2) is 7.83. The van der Waals surface area contributed by atoms with Gasteiger partial charge in [0.25, 0.3) is 0 Å². The van der Waals surface area contributed by atoms with Crippen molar-refractivity contribution >= 4 is 5.78 Å². The van der Waals surface area contributed by atoms with Gasteiger partial charge in [-0.25, -0.2) is 0 Å². The monoisotopic (exact) mass is 398 g/mol. The highest BCUT2D eigenvalue weighted by Gasteiger charge is 2.58. The lowest BCUT2D eigenvalue weighted by atomic mass is 9.47. The fourth-order valence-corrected chi connectivity index (χ4v) is 8.34. The molecule has 0 radical (unpaired) electrons. The van der Waals surface area contributed by atoms with Gasteiger partial charge in [0.1, 0.15) is 5.78 Å². The quantitative estimate of drug-likeness (QED) is 0.431. The van der Waals surface area contributed by atoms with Gasteiger partial charge in [-0.15, -0.1) is 0 Å². The molecule has 0 aromatic heterocycles. The lowest BCUT2D eigenvalue weighted by Crippen LogP contribution is -2.49.